The second-order valence-electron chi connectivity index (χ2n) is 15.2. The van der Waals surface area contributed by atoms with E-state index >= 15 is 0 Å². The van der Waals surface area contributed by atoms with E-state index in [2.05, 4.69) is 26.1 Å². The number of primary amides is 1. The molecule has 276 valence electrons. The minimum absolute atomic E-state index is 0.0473. The summed E-state index contributed by atoms with van der Waals surface area (Å²) < 4.78 is 19.3. The Morgan fingerprint density at radius 2 is 1.76 bits per heavy atom. The van der Waals surface area contributed by atoms with Crippen LogP contribution < -0.4 is 16.6 Å². The Bertz CT molecular complexity index is 1800. The molecule has 1 fully saturated rings. The number of aromatic nitrogens is 3. The van der Waals surface area contributed by atoms with Crippen LogP contribution in [0.5, 0.6) is 0 Å². The average molecular weight is 706 g/mol. The highest BCUT2D eigenvalue weighted by Crippen LogP contribution is 2.28. The second-order valence-corrected chi connectivity index (χ2v) is 15.2. The van der Waals surface area contributed by atoms with Crippen LogP contribution in [0.2, 0.25) is 0 Å². The summed E-state index contributed by atoms with van der Waals surface area (Å²) in [7, 11) is 0. The fourth-order valence-electron chi connectivity index (χ4n) is 5.91. The molecule has 3 heterocycles. The Morgan fingerprint density at radius 3 is 2.43 bits per heavy atom. The number of allylic oxidation sites excluding steroid dienone is 1. The van der Waals surface area contributed by atoms with Gasteiger partial charge >= 0.3 is 12.2 Å². The first kappa shape index (κ1) is 39.0. The third-order valence-corrected chi connectivity index (χ3v) is 8.29. The monoisotopic (exact) mass is 705 g/mol. The van der Waals surface area contributed by atoms with Crippen LogP contribution in [0, 0.1) is 11.3 Å². The quantitative estimate of drug-likeness (QED) is 0.230. The molecule has 1 aliphatic rings. The van der Waals surface area contributed by atoms with E-state index in [1.54, 1.807) is 45.2 Å². The molecule has 1 saturated heterocycles. The predicted octanol–water partition coefficient (Wildman–Crippen LogP) is 5.07. The first-order valence-electron chi connectivity index (χ1n) is 17.4. The summed E-state index contributed by atoms with van der Waals surface area (Å²) in [6.45, 7) is 13.1. The average Bonchev–Trinajstić information content (AvgIpc) is 3.41. The number of nitrogens with zero attached hydrogens (tertiary/aromatic N) is 3. The summed E-state index contributed by atoms with van der Waals surface area (Å²) in [4.78, 5) is 69.8. The van der Waals surface area contributed by atoms with Crippen LogP contribution in [0.3, 0.4) is 0 Å². The van der Waals surface area contributed by atoms with Crippen LogP contribution in [0.25, 0.3) is 11.0 Å². The van der Waals surface area contributed by atoms with E-state index in [0.717, 1.165) is 18.4 Å². The molecule has 13 heteroatoms. The minimum Gasteiger partial charge on any atom is -0.449 e. The number of Topliss-reactive ketones (excluding diaryl/α,β-unsaturated/α-hetero) is 1. The SMILES string of the molecule is CC(C)(C)Cc1cccc2c1nc(Cn1cccc(CC(=O)[C@H](CC/C=C/C(N)=O)NC(=O)OCC3CCOCC3)c1=O)n2C(=O)OC(C)(C)C. The summed E-state index contributed by atoms with van der Waals surface area (Å²) in [6.07, 6.45) is 5.36. The van der Waals surface area contributed by atoms with Gasteiger partial charge in [-0.25, -0.2) is 19.1 Å². The Hall–Kier alpha value is -4.78. The van der Waals surface area contributed by atoms with Crippen molar-refractivity contribution in [2.75, 3.05) is 19.8 Å². The lowest BCUT2D eigenvalue weighted by molar-refractivity contribution is -0.120. The number of nitrogens with one attached hydrogen (secondary N) is 1. The van der Waals surface area contributed by atoms with Crippen LogP contribution in [0.1, 0.15) is 84.2 Å². The summed E-state index contributed by atoms with van der Waals surface area (Å²) in [5, 5.41) is 2.65. The van der Waals surface area contributed by atoms with Crippen molar-refractivity contribution in [2.24, 2.45) is 17.1 Å². The molecule has 0 unspecified atom stereocenters. The van der Waals surface area contributed by atoms with Crippen molar-refractivity contribution in [3.8, 4) is 0 Å². The number of carbonyl (C=O) groups excluding carboxylic acids is 4. The summed E-state index contributed by atoms with van der Waals surface area (Å²) in [6, 6.07) is 7.88. The lowest BCUT2D eigenvalue weighted by Gasteiger charge is -2.22. The number of ketones is 1. The van der Waals surface area contributed by atoms with Crippen molar-refractivity contribution in [3.63, 3.8) is 0 Å². The van der Waals surface area contributed by atoms with Gasteiger partial charge < -0.3 is 29.8 Å². The highest BCUT2D eigenvalue weighted by molar-refractivity contribution is 5.90. The maximum Gasteiger partial charge on any atom is 0.420 e. The number of alkyl carbamates (subject to hydrolysis) is 1. The topological polar surface area (TPSA) is 174 Å². The zero-order valence-electron chi connectivity index (χ0n) is 30.5. The number of carbonyl (C=O) groups is 4. The van der Waals surface area contributed by atoms with Gasteiger partial charge in [-0.15, -0.1) is 0 Å². The molecular formula is C38H51N5O8. The fourth-order valence-corrected chi connectivity index (χ4v) is 5.91. The molecule has 51 heavy (non-hydrogen) atoms. The fraction of sp³-hybridized carbons (Fsp3) is 0.526. The molecule has 1 aromatic carbocycles. The van der Waals surface area contributed by atoms with Gasteiger partial charge in [-0.2, -0.15) is 0 Å². The standard InChI is InChI=1S/C38H51N5O8/c1-37(2,3)22-27-11-9-14-29-33(27)41-32(43(29)36(48)51-38(4,5)6)23-42-18-10-12-26(34(42)46)21-30(44)28(13-7-8-15-31(39)45)40-35(47)50-24-25-16-19-49-20-17-25/h8-12,14-15,18,25,28H,7,13,16-17,19-24H2,1-6H3,(H2,39,45)(H,40,47)/b15-8+/t28-/m0/s1. The molecule has 13 nitrogen and oxygen atoms in total. The van der Waals surface area contributed by atoms with E-state index in [9.17, 15) is 24.0 Å². The molecule has 1 aliphatic heterocycles. The third-order valence-electron chi connectivity index (χ3n) is 8.29. The lowest BCUT2D eigenvalue weighted by Crippen LogP contribution is -2.43. The van der Waals surface area contributed by atoms with Gasteiger partial charge in [-0.3, -0.25) is 14.4 Å². The van der Waals surface area contributed by atoms with Gasteiger partial charge in [0.2, 0.25) is 5.91 Å². The van der Waals surface area contributed by atoms with Crippen molar-refractivity contribution in [3.05, 3.63) is 76.0 Å². The van der Waals surface area contributed by atoms with Gasteiger partial charge in [0, 0.05) is 31.4 Å². The predicted molar refractivity (Wildman–Crippen MR) is 192 cm³/mol. The van der Waals surface area contributed by atoms with Crippen LogP contribution >= 0.6 is 0 Å². The number of nitrogens with two attached hydrogens (primary N) is 1. The first-order chi connectivity index (χ1) is 24.0. The van der Waals surface area contributed by atoms with Crippen molar-refractivity contribution in [1.29, 1.82) is 0 Å². The molecule has 4 rings (SSSR count). The summed E-state index contributed by atoms with van der Waals surface area (Å²) in [5.41, 5.74) is 6.31. The number of benzene rings is 1. The molecule has 0 radical (unpaired) electrons. The Labute approximate surface area is 298 Å². The number of imidazole rings is 1. The van der Waals surface area contributed by atoms with Crippen molar-refractivity contribution in [2.45, 2.75) is 98.3 Å². The zero-order chi connectivity index (χ0) is 37.3. The van der Waals surface area contributed by atoms with Crippen molar-refractivity contribution in [1.82, 2.24) is 19.4 Å². The van der Waals surface area contributed by atoms with E-state index in [0.29, 0.717) is 36.5 Å². The third kappa shape index (κ3) is 11.6. The number of para-hydroxylation sites is 1. The van der Waals surface area contributed by atoms with Gasteiger partial charge in [-0.05, 0) is 88.0 Å². The molecule has 3 aromatic rings. The molecular weight excluding hydrogens is 654 g/mol. The molecule has 1 atom stereocenters. The number of hydrogen-bond acceptors (Lipinski definition) is 9. The molecule has 3 N–H and O–H groups in total. The van der Waals surface area contributed by atoms with Gasteiger partial charge in [0.15, 0.2) is 5.78 Å². The molecule has 0 spiro atoms. The number of amides is 2. The summed E-state index contributed by atoms with van der Waals surface area (Å²) >= 11 is 0. The molecule has 0 saturated carbocycles. The maximum absolute atomic E-state index is 13.8. The highest BCUT2D eigenvalue weighted by Gasteiger charge is 2.27. The van der Waals surface area contributed by atoms with Crippen LogP contribution in [-0.4, -0.2) is 69.5 Å². The smallest absolute Gasteiger partial charge is 0.420 e. The first-order valence-corrected chi connectivity index (χ1v) is 17.4. The molecule has 0 aliphatic carbocycles. The van der Waals surface area contributed by atoms with E-state index in [1.165, 1.54) is 21.3 Å². The van der Waals surface area contributed by atoms with Gasteiger partial charge in [-0.1, -0.05) is 45.0 Å². The number of rotatable bonds is 13. The minimum atomic E-state index is -0.990. The number of fused-ring (bicyclic) bond motifs is 1. The van der Waals surface area contributed by atoms with E-state index < -0.39 is 41.1 Å². The van der Waals surface area contributed by atoms with Gasteiger partial charge in [0.25, 0.3) is 5.56 Å². The Kier molecular flexibility index (Phi) is 13.0. The van der Waals surface area contributed by atoms with Crippen LogP contribution in [0.15, 0.2) is 53.5 Å². The number of hydrogen-bond donors (Lipinski definition) is 2. The molecule has 2 amide bonds. The lowest BCUT2D eigenvalue weighted by atomic mass is 9.88. The number of ether oxygens (including phenoxy) is 3. The number of pyridine rings is 1. The second kappa shape index (κ2) is 17.0. The summed E-state index contributed by atoms with van der Waals surface area (Å²) in [5.74, 6) is -0.557. The highest BCUT2D eigenvalue weighted by atomic mass is 16.6. The van der Waals surface area contributed by atoms with Crippen LogP contribution in [-0.2, 0) is 43.2 Å². The van der Waals surface area contributed by atoms with E-state index in [1.807, 2.05) is 12.1 Å². The molecule has 2 aromatic heterocycles. The maximum atomic E-state index is 13.8. The Balaban J connectivity index is 1.59. The van der Waals surface area contributed by atoms with E-state index in [4.69, 9.17) is 24.9 Å². The Morgan fingerprint density at radius 1 is 1.06 bits per heavy atom. The van der Waals surface area contributed by atoms with E-state index in [-0.39, 0.29) is 49.3 Å². The molecule has 0 bridgehead atoms. The largest absolute Gasteiger partial charge is 0.449 e. The normalized spacial score (nSPS) is 14.8. The zero-order valence-corrected chi connectivity index (χ0v) is 30.5. The van der Waals surface area contributed by atoms with Crippen molar-refractivity contribution >= 4 is 34.9 Å². The van der Waals surface area contributed by atoms with Crippen LogP contribution in [0.4, 0.5) is 9.59 Å². The van der Waals surface area contributed by atoms with Gasteiger partial charge in [0.1, 0.15) is 11.4 Å². The van der Waals surface area contributed by atoms with Crippen molar-refractivity contribution < 1.29 is 33.4 Å². The van der Waals surface area contributed by atoms with Gasteiger partial charge in [0.05, 0.1) is 30.2 Å².